The number of carbonyl (C=O) groups excluding carboxylic acids is 2. The van der Waals surface area contributed by atoms with Gasteiger partial charge in [0.1, 0.15) is 12.4 Å². The zero-order chi connectivity index (χ0) is 23.7. The molecule has 2 saturated heterocycles. The number of aliphatic hydroxyl groups is 1. The largest absolute Gasteiger partial charge is 0.394 e. The van der Waals surface area contributed by atoms with E-state index in [-0.39, 0.29) is 48.5 Å². The Morgan fingerprint density at radius 3 is 2.32 bits per heavy atom. The zero-order valence-corrected chi connectivity index (χ0v) is 18.8. The molecule has 5 rings (SSSR count). The lowest BCUT2D eigenvalue weighted by Crippen LogP contribution is -2.73. The van der Waals surface area contributed by atoms with Crippen LogP contribution in [-0.4, -0.2) is 58.5 Å². The lowest BCUT2D eigenvalue weighted by atomic mass is 9.73. The second-order valence-electron chi connectivity index (χ2n) is 9.07. The van der Waals surface area contributed by atoms with E-state index in [9.17, 15) is 19.1 Å². The van der Waals surface area contributed by atoms with Gasteiger partial charge in [0.15, 0.2) is 0 Å². The summed E-state index contributed by atoms with van der Waals surface area (Å²) in [5.74, 6) is -1.07. The second kappa shape index (κ2) is 9.39. The van der Waals surface area contributed by atoms with Crippen LogP contribution in [-0.2, 0) is 17.6 Å². The standard InChI is InChI=1S/C28H27FN2O3/c29-23-8-4-7-22(15-23)28(34)30-16-24-27(25(18-32)31(24)26(33)17-30)21-13-11-20(12-14-21)10-9-19-5-2-1-3-6-19/h1-8,11-15,24-25,27,32H,9-10,16-18H2/t24-,25+,27+/m0/s1. The van der Waals surface area contributed by atoms with Gasteiger partial charge >= 0.3 is 0 Å². The van der Waals surface area contributed by atoms with Crippen LogP contribution in [0.5, 0.6) is 0 Å². The van der Waals surface area contributed by atoms with E-state index < -0.39 is 5.82 Å². The molecule has 3 aromatic rings. The van der Waals surface area contributed by atoms with Crippen LogP contribution in [0.2, 0.25) is 0 Å². The Bertz CT molecular complexity index is 1180. The van der Waals surface area contributed by atoms with E-state index >= 15 is 0 Å². The van der Waals surface area contributed by atoms with E-state index in [0.717, 1.165) is 18.4 Å². The van der Waals surface area contributed by atoms with Crippen LogP contribution < -0.4 is 0 Å². The smallest absolute Gasteiger partial charge is 0.254 e. The van der Waals surface area contributed by atoms with Gasteiger partial charge in [0.05, 0.1) is 18.7 Å². The Hall–Kier alpha value is -3.51. The molecule has 3 atom stereocenters. The van der Waals surface area contributed by atoms with Crippen LogP contribution in [0.15, 0.2) is 78.9 Å². The van der Waals surface area contributed by atoms with Crippen LogP contribution >= 0.6 is 0 Å². The van der Waals surface area contributed by atoms with Gasteiger partial charge in [-0.05, 0) is 47.7 Å². The first kappa shape index (κ1) is 22.3. The number of amides is 2. The molecule has 1 N–H and O–H groups in total. The van der Waals surface area contributed by atoms with Gasteiger partial charge in [-0.2, -0.15) is 0 Å². The van der Waals surface area contributed by atoms with Gasteiger partial charge in [0.25, 0.3) is 5.91 Å². The van der Waals surface area contributed by atoms with E-state index in [1.54, 1.807) is 11.0 Å². The molecule has 3 aromatic carbocycles. The molecule has 6 heteroatoms. The summed E-state index contributed by atoms with van der Waals surface area (Å²) in [7, 11) is 0. The molecule has 2 heterocycles. The van der Waals surface area contributed by atoms with Crippen LogP contribution in [0.4, 0.5) is 4.39 Å². The first-order valence-electron chi connectivity index (χ1n) is 11.6. The lowest BCUT2D eigenvalue weighted by Gasteiger charge is -2.58. The minimum atomic E-state index is -0.481. The van der Waals surface area contributed by atoms with Crippen LogP contribution in [0.3, 0.4) is 0 Å². The molecule has 0 aromatic heterocycles. The van der Waals surface area contributed by atoms with Gasteiger partial charge in [-0.3, -0.25) is 9.59 Å². The number of aryl methyl sites for hydroxylation is 2. The summed E-state index contributed by atoms with van der Waals surface area (Å²) in [5, 5.41) is 10.0. The molecule has 2 fully saturated rings. The molecular formula is C28H27FN2O3. The molecule has 0 saturated carbocycles. The summed E-state index contributed by atoms with van der Waals surface area (Å²) in [4.78, 5) is 29.0. The number of halogens is 1. The van der Waals surface area contributed by atoms with Gasteiger partial charge in [0.2, 0.25) is 5.91 Å². The quantitative estimate of drug-likeness (QED) is 0.616. The maximum Gasteiger partial charge on any atom is 0.254 e. The molecule has 34 heavy (non-hydrogen) atoms. The maximum atomic E-state index is 13.6. The van der Waals surface area contributed by atoms with Crippen molar-refractivity contribution in [2.75, 3.05) is 19.7 Å². The molecule has 0 radical (unpaired) electrons. The normalized spacial score (nSPS) is 21.7. The minimum absolute atomic E-state index is 0.0553. The van der Waals surface area contributed by atoms with Crippen LogP contribution in [0.25, 0.3) is 0 Å². The van der Waals surface area contributed by atoms with Crippen LogP contribution in [0.1, 0.15) is 33.0 Å². The average molecular weight is 459 g/mol. The van der Waals surface area contributed by atoms with Crippen molar-refractivity contribution in [2.45, 2.75) is 30.8 Å². The fourth-order valence-electron chi connectivity index (χ4n) is 5.30. The highest BCUT2D eigenvalue weighted by Gasteiger charge is 2.54. The number of piperazine rings is 1. The van der Waals surface area contributed by atoms with Crippen molar-refractivity contribution in [1.82, 2.24) is 9.80 Å². The second-order valence-corrected chi connectivity index (χ2v) is 9.07. The van der Waals surface area contributed by atoms with E-state index in [0.29, 0.717) is 6.54 Å². The van der Waals surface area contributed by atoms with Gasteiger partial charge in [-0.25, -0.2) is 4.39 Å². The topological polar surface area (TPSA) is 60.9 Å². The summed E-state index contributed by atoms with van der Waals surface area (Å²) in [6, 6.07) is 23.8. The molecule has 0 bridgehead atoms. The zero-order valence-electron chi connectivity index (χ0n) is 18.8. The Morgan fingerprint density at radius 2 is 1.65 bits per heavy atom. The van der Waals surface area contributed by atoms with E-state index in [4.69, 9.17) is 0 Å². The van der Waals surface area contributed by atoms with Crippen molar-refractivity contribution < 1.29 is 19.1 Å². The highest BCUT2D eigenvalue weighted by atomic mass is 19.1. The highest BCUT2D eigenvalue weighted by molar-refractivity contribution is 5.97. The number of fused-ring (bicyclic) bond motifs is 1. The fourth-order valence-corrected chi connectivity index (χ4v) is 5.30. The van der Waals surface area contributed by atoms with Crippen molar-refractivity contribution in [3.63, 3.8) is 0 Å². The first-order chi connectivity index (χ1) is 16.5. The summed E-state index contributed by atoms with van der Waals surface area (Å²) in [5.41, 5.74) is 3.81. The first-order valence-corrected chi connectivity index (χ1v) is 11.6. The van der Waals surface area contributed by atoms with Gasteiger partial charge in [0, 0.05) is 18.0 Å². The number of hydrogen-bond acceptors (Lipinski definition) is 3. The third-order valence-electron chi connectivity index (χ3n) is 7.02. The minimum Gasteiger partial charge on any atom is -0.394 e. The number of carbonyl (C=O) groups is 2. The van der Waals surface area contributed by atoms with Gasteiger partial charge in [-0.1, -0.05) is 60.7 Å². The Kier molecular flexibility index (Phi) is 6.16. The number of aliphatic hydroxyl groups excluding tert-OH is 1. The van der Waals surface area contributed by atoms with Crippen molar-refractivity contribution >= 4 is 11.8 Å². The van der Waals surface area contributed by atoms with Crippen molar-refractivity contribution in [3.05, 3.63) is 107 Å². The van der Waals surface area contributed by atoms with Crippen molar-refractivity contribution in [1.29, 1.82) is 0 Å². The van der Waals surface area contributed by atoms with E-state index in [2.05, 4.69) is 36.4 Å². The van der Waals surface area contributed by atoms with E-state index in [1.807, 2.05) is 18.2 Å². The van der Waals surface area contributed by atoms with E-state index in [1.165, 1.54) is 34.2 Å². The fraction of sp³-hybridized carbons (Fsp3) is 0.286. The molecule has 5 nitrogen and oxygen atoms in total. The summed E-state index contributed by atoms with van der Waals surface area (Å²) in [6.45, 7) is 0.173. The number of benzene rings is 3. The molecule has 2 aliphatic rings. The monoisotopic (exact) mass is 458 g/mol. The number of rotatable bonds is 6. The van der Waals surface area contributed by atoms with Crippen molar-refractivity contribution in [3.8, 4) is 0 Å². The molecular weight excluding hydrogens is 431 g/mol. The molecule has 0 unspecified atom stereocenters. The van der Waals surface area contributed by atoms with Gasteiger partial charge in [-0.15, -0.1) is 0 Å². The lowest BCUT2D eigenvalue weighted by molar-refractivity contribution is -0.159. The maximum absolute atomic E-state index is 13.6. The highest BCUT2D eigenvalue weighted by Crippen LogP contribution is 2.43. The predicted octanol–water partition coefficient (Wildman–Crippen LogP) is 3.42. The third-order valence-corrected chi connectivity index (χ3v) is 7.02. The van der Waals surface area contributed by atoms with Crippen molar-refractivity contribution in [2.24, 2.45) is 0 Å². The SMILES string of the molecule is O=C(c1cccc(F)c1)N1CC(=O)N2[C@H](CO)[C@H](c3ccc(CCc4ccccc4)cc3)[C@@H]2C1. The van der Waals surface area contributed by atoms with Gasteiger partial charge < -0.3 is 14.9 Å². The Labute approximate surface area is 198 Å². The molecule has 0 aliphatic carbocycles. The molecule has 0 spiro atoms. The molecule has 2 aliphatic heterocycles. The molecule has 2 amide bonds. The predicted molar refractivity (Wildman–Crippen MR) is 127 cm³/mol. The third kappa shape index (κ3) is 4.21. The Balaban J connectivity index is 1.30. The Morgan fingerprint density at radius 1 is 0.941 bits per heavy atom. The van der Waals surface area contributed by atoms with Crippen LogP contribution in [0, 0.1) is 5.82 Å². The number of hydrogen-bond donors (Lipinski definition) is 1. The average Bonchev–Trinajstić information content (AvgIpc) is 2.85. The summed E-state index contributed by atoms with van der Waals surface area (Å²) in [6.07, 6.45) is 1.90. The summed E-state index contributed by atoms with van der Waals surface area (Å²) < 4.78 is 13.6. The number of nitrogens with zero attached hydrogens (tertiary/aromatic N) is 2. The summed E-state index contributed by atoms with van der Waals surface area (Å²) >= 11 is 0. The molecule has 174 valence electrons.